The fraction of sp³-hybridized carbons (Fsp3) is 0.704. The minimum absolute atomic E-state index is 0.657. The molecule has 0 saturated heterocycles. The van der Waals surface area contributed by atoms with E-state index < -0.39 is 8.07 Å². The minimum atomic E-state index is -1.71. The van der Waals surface area contributed by atoms with E-state index in [1.807, 2.05) is 0 Å². The Morgan fingerprint density at radius 2 is 1.41 bits per heavy atom. The molecule has 1 atom stereocenters. The SMILES string of the molecule is CCCCC(CC)COc1cc(C)c(C#C[Si](C(C)C)(C(C)C)C(C)C)c(C)c1. The zero-order valence-electron chi connectivity index (χ0n) is 20.9. The van der Waals surface area contributed by atoms with Gasteiger partial charge in [0.15, 0.2) is 0 Å². The van der Waals surface area contributed by atoms with Crippen molar-refractivity contribution in [1.82, 2.24) is 0 Å². The largest absolute Gasteiger partial charge is 0.493 e. The van der Waals surface area contributed by atoms with Crippen molar-refractivity contribution in [2.75, 3.05) is 6.61 Å². The van der Waals surface area contributed by atoms with Gasteiger partial charge in [0.1, 0.15) is 13.8 Å². The molecule has 2 heteroatoms. The maximum absolute atomic E-state index is 6.19. The van der Waals surface area contributed by atoms with E-state index in [0.717, 1.165) is 12.4 Å². The van der Waals surface area contributed by atoms with Crippen molar-refractivity contribution in [2.45, 2.75) is 112 Å². The van der Waals surface area contributed by atoms with Gasteiger partial charge in [0.05, 0.1) is 6.61 Å². The average Bonchev–Trinajstić information content (AvgIpc) is 2.63. The molecular weight excluding hydrogens is 368 g/mol. The summed E-state index contributed by atoms with van der Waals surface area (Å²) in [5, 5.41) is 0. The van der Waals surface area contributed by atoms with Crippen LogP contribution in [0.25, 0.3) is 0 Å². The molecule has 0 spiro atoms. The van der Waals surface area contributed by atoms with Crippen molar-refractivity contribution in [1.29, 1.82) is 0 Å². The lowest BCUT2D eigenvalue weighted by molar-refractivity contribution is 0.233. The molecule has 0 heterocycles. The van der Waals surface area contributed by atoms with Gasteiger partial charge in [-0.3, -0.25) is 0 Å². The van der Waals surface area contributed by atoms with E-state index in [-0.39, 0.29) is 0 Å². The van der Waals surface area contributed by atoms with Gasteiger partial charge in [-0.25, -0.2) is 0 Å². The molecule has 0 bridgehead atoms. The number of hydrogen-bond donors (Lipinski definition) is 0. The normalized spacial score (nSPS) is 13.0. The zero-order chi connectivity index (χ0) is 22.2. The summed E-state index contributed by atoms with van der Waals surface area (Å²) in [4.78, 5) is 0. The monoisotopic (exact) mass is 414 g/mol. The van der Waals surface area contributed by atoms with Gasteiger partial charge in [-0.1, -0.05) is 80.6 Å². The van der Waals surface area contributed by atoms with E-state index in [9.17, 15) is 0 Å². The Hall–Kier alpha value is -1.20. The fourth-order valence-electron chi connectivity index (χ4n) is 4.92. The molecule has 0 radical (unpaired) electrons. The average molecular weight is 415 g/mol. The lowest BCUT2D eigenvalue weighted by Crippen LogP contribution is -2.43. The maximum atomic E-state index is 6.19. The molecule has 1 rings (SSSR count). The molecule has 1 aromatic rings. The third-order valence-electron chi connectivity index (χ3n) is 6.81. The third-order valence-corrected chi connectivity index (χ3v) is 13.1. The molecule has 0 aliphatic heterocycles. The number of rotatable bonds is 10. The molecule has 29 heavy (non-hydrogen) atoms. The van der Waals surface area contributed by atoms with Crippen LogP contribution in [0.4, 0.5) is 0 Å². The number of hydrogen-bond acceptors (Lipinski definition) is 1. The van der Waals surface area contributed by atoms with Crippen LogP contribution in [0.1, 0.15) is 97.8 Å². The van der Waals surface area contributed by atoms with Crippen molar-refractivity contribution < 1.29 is 4.74 Å². The molecule has 0 fully saturated rings. The van der Waals surface area contributed by atoms with Crippen LogP contribution in [0, 0.1) is 31.2 Å². The first-order chi connectivity index (χ1) is 13.6. The van der Waals surface area contributed by atoms with Crippen LogP contribution < -0.4 is 4.74 Å². The Bertz CT molecular complexity index is 645. The number of benzene rings is 1. The van der Waals surface area contributed by atoms with Gasteiger partial charge >= 0.3 is 0 Å². The van der Waals surface area contributed by atoms with Gasteiger partial charge in [-0.15, -0.1) is 5.54 Å². The first kappa shape index (κ1) is 25.8. The van der Waals surface area contributed by atoms with Crippen molar-refractivity contribution in [3.05, 3.63) is 28.8 Å². The standard InChI is InChI=1S/C27H46OSi/c1-11-13-14-25(12-2)19-28-26-17-23(9)27(24(10)18-26)15-16-29(20(3)4,21(5)6)22(7)8/h17-18,20-22,25H,11-14,19H2,1-10H3. The Balaban J connectivity index is 3.12. The second kappa shape index (κ2) is 11.8. The van der Waals surface area contributed by atoms with Gasteiger partial charge in [0, 0.05) is 5.56 Å². The Morgan fingerprint density at radius 1 is 0.897 bits per heavy atom. The Kier molecular flexibility index (Phi) is 10.6. The van der Waals surface area contributed by atoms with Crippen LogP contribution in [0.5, 0.6) is 5.75 Å². The molecular formula is C27H46OSi. The van der Waals surface area contributed by atoms with E-state index in [2.05, 4.69) is 92.8 Å². The van der Waals surface area contributed by atoms with Crippen molar-refractivity contribution in [3.8, 4) is 17.2 Å². The summed E-state index contributed by atoms with van der Waals surface area (Å²) < 4.78 is 6.19. The third kappa shape index (κ3) is 6.64. The summed E-state index contributed by atoms with van der Waals surface area (Å²) in [7, 11) is -1.71. The van der Waals surface area contributed by atoms with Crippen LogP contribution in [-0.4, -0.2) is 14.7 Å². The zero-order valence-corrected chi connectivity index (χ0v) is 21.9. The second-order valence-corrected chi connectivity index (χ2v) is 15.4. The summed E-state index contributed by atoms with van der Waals surface area (Å²) in [5.74, 6) is 5.31. The predicted molar refractivity (Wildman–Crippen MR) is 133 cm³/mol. The molecule has 164 valence electrons. The predicted octanol–water partition coefficient (Wildman–Crippen LogP) is 8.47. The highest BCUT2D eigenvalue weighted by Crippen LogP contribution is 2.41. The van der Waals surface area contributed by atoms with Crippen LogP contribution in [0.2, 0.25) is 16.6 Å². The summed E-state index contributed by atoms with van der Waals surface area (Å²) in [5.41, 5.74) is 9.55. The molecule has 1 unspecified atom stereocenters. The van der Waals surface area contributed by atoms with Gasteiger partial charge in [0.2, 0.25) is 0 Å². The van der Waals surface area contributed by atoms with Gasteiger partial charge in [-0.05, 0) is 66.1 Å². The smallest absolute Gasteiger partial charge is 0.146 e. The molecule has 0 aromatic heterocycles. The number of unbranched alkanes of at least 4 members (excludes halogenated alkanes) is 1. The molecule has 0 amide bonds. The number of ether oxygens (including phenoxy) is 1. The Labute approximate surface area is 183 Å². The van der Waals surface area contributed by atoms with Crippen LogP contribution in [0.3, 0.4) is 0 Å². The summed E-state index contributed by atoms with van der Waals surface area (Å²) in [6, 6.07) is 4.37. The molecule has 1 nitrogen and oxygen atoms in total. The highest BCUT2D eigenvalue weighted by atomic mass is 28.3. The maximum Gasteiger partial charge on any atom is 0.146 e. The first-order valence-electron chi connectivity index (χ1n) is 11.9. The lowest BCUT2D eigenvalue weighted by Gasteiger charge is -2.38. The highest BCUT2D eigenvalue weighted by Gasteiger charge is 2.41. The van der Waals surface area contributed by atoms with E-state index >= 15 is 0 Å². The van der Waals surface area contributed by atoms with Gasteiger partial charge < -0.3 is 4.74 Å². The molecule has 0 aliphatic rings. The summed E-state index contributed by atoms with van der Waals surface area (Å²) in [6.45, 7) is 24.0. The van der Waals surface area contributed by atoms with E-state index in [4.69, 9.17) is 4.74 Å². The second-order valence-electron chi connectivity index (χ2n) is 9.81. The van der Waals surface area contributed by atoms with Crippen molar-refractivity contribution in [3.63, 3.8) is 0 Å². The van der Waals surface area contributed by atoms with Crippen molar-refractivity contribution in [2.24, 2.45) is 5.92 Å². The van der Waals surface area contributed by atoms with Crippen molar-refractivity contribution >= 4 is 8.07 Å². The lowest BCUT2D eigenvalue weighted by atomic mass is 10.0. The summed E-state index contributed by atoms with van der Waals surface area (Å²) in [6.07, 6.45) is 5.01. The van der Waals surface area contributed by atoms with E-state index in [1.54, 1.807) is 0 Å². The minimum Gasteiger partial charge on any atom is -0.493 e. The highest BCUT2D eigenvalue weighted by molar-refractivity contribution is 6.90. The van der Waals surface area contributed by atoms with Gasteiger partial charge in [0.25, 0.3) is 0 Å². The first-order valence-corrected chi connectivity index (χ1v) is 14.1. The van der Waals surface area contributed by atoms with Crippen LogP contribution in [0.15, 0.2) is 12.1 Å². The molecule has 1 aromatic carbocycles. The summed E-state index contributed by atoms with van der Waals surface area (Å²) >= 11 is 0. The van der Waals surface area contributed by atoms with E-state index in [0.29, 0.717) is 22.5 Å². The molecule has 0 N–H and O–H groups in total. The Morgan fingerprint density at radius 3 is 1.83 bits per heavy atom. The fourth-order valence-corrected chi connectivity index (χ4v) is 10.1. The van der Waals surface area contributed by atoms with Crippen LogP contribution >= 0.6 is 0 Å². The quantitative estimate of drug-likeness (QED) is 0.275. The topological polar surface area (TPSA) is 9.23 Å². The molecule has 0 saturated carbocycles. The van der Waals surface area contributed by atoms with Gasteiger partial charge in [-0.2, -0.15) is 0 Å². The number of aryl methyl sites for hydroxylation is 2. The van der Waals surface area contributed by atoms with E-state index in [1.165, 1.54) is 42.4 Å². The molecule has 0 aliphatic carbocycles. The van der Waals surface area contributed by atoms with Crippen LogP contribution in [-0.2, 0) is 0 Å².